The van der Waals surface area contributed by atoms with Gasteiger partial charge in [0.1, 0.15) is 5.58 Å². The summed E-state index contributed by atoms with van der Waals surface area (Å²) in [6.45, 7) is 5.81. The van der Waals surface area contributed by atoms with Gasteiger partial charge in [0.2, 0.25) is 0 Å². The molecule has 3 rings (SSSR count). The highest BCUT2D eigenvalue weighted by Gasteiger charge is 2.20. The summed E-state index contributed by atoms with van der Waals surface area (Å²) in [6.07, 6.45) is 2.00. The largest absolute Gasteiger partial charge is 0.464 e. The predicted molar refractivity (Wildman–Crippen MR) is 113 cm³/mol. The van der Waals surface area contributed by atoms with Gasteiger partial charge in [-0.3, -0.25) is 4.72 Å². The van der Waals surface area contributed by atoms with Gasteiger partial charge in [-0.25, -0.2) is 0 Å². The molecule has 144 valence electrons. The third-order valence-corrected chi connectivity index (χ3v) is 5.33. The van der Waals surface area contributed by atoms with E-state index in [0.717, 1.165) is 28.8 Å². The van der Waals surface area contributed by atoms with Gasteiger partial charge in [0.05, 0.1) is 12.4 Å². The van der Waals surface area contributed by atoms with Crippen LogP contribution in [0.3, 0.4) is 0 Å². The summed E-state index contributed by atoms with van der Waals surface area (Å²) >= 11 is 1.55. The van der Waals surface area contributed by atoms with E-state index in [-0.39, 0.29) is 6.04 Å². The third kappa shape index (κ3) is 6.11. The summed E-state index contributed by atoms with van der Waals surface area (Å²) in [6, 6.07) is 18.3. The van der Waals surface area contributed by atoms with Crippen molar-refractivity contribution in [1.29, 1.82) is 0 Å². The summed E-state index contributed by atoms with van der Waals surface area (Å²) in [7, 11) is 0. The molecule has 5 heteroatoms. The molecule has 3 N–H and O–H groups in total. The SMILES string of the molecule is CC(C)CNC[C@@H](O)[C@H](Cc1ccccc1)NSc1ccc2occc2c1. The maximum Gasteiger partial charge on any atom is 0.133 e. The zero-order chi connectivity index (χ0) is 19.1. The van der Waals surface area contributed by atoms with Crippen LogP contribution >= 0.6 is 11.9 Å². The first-order valence-electron chi connectivity index (χ1n) is 9.44. The van der Waals surface area contributed by atoms with Gasteiger partial charge in [0.15, 0.2) is 0 Å². The van der Waals surface area contributed by atoms with Crippen molar-refractivity contribution in [2.24, 2.45) is 5.92 Å². The molecular formula is C22H28N2O2S. The average molecular weight is 385 g/mol. The molecule has 2 atom stereocenters. The van der Waals surface area contributed by atoms with Crippen molar-refractivity contribution in [1.82, 2.24) is 10.0 Å². The Balaban J connectivity index is 1.64. The summed E-state index contributed by atoms with van der Waals surface area (Å²) < 4.78 is 8.88. The second-order valence-electron chi connectivity index (χ2n) is 7.26. The van der Waals surface area contributed by atoms with Crippen LogP contribution in [0.5, 0.6) is 0 Å². The molecule has 0 aliphatic carbocycles. The van der Waals surface area contributed by atoms with Crippen molar-refractivity contribution in [3.05, 3.63) is 66.4 Å². The molecule has 2 aromatic carbocycles. The number of hydrogen-bond acceptors (Lipinski definition) is 5. The predicted octanol–water partition coefficient (Wildman–Crippen LogP) is 4.25. The van der Waals surface area contributed by atoms with Crippen molar-refractivity contribution in [3.8, 4) is 0 Å². The topological polar surface area (TPSA) is 57.4 Å². The minimum Gasteiger partial charge on any atom is -0.464 e. The van der Waals surface area contributed by atoms with Gasteiger partial charge in [0.25, 0.3) is 0 Å². The van der Waals surface area contributed by atoms with E-state index in [2.05, 4.69) is 42.1 Å². The maximum absolute atomic E-state index is 10.7. The molecule has 1 heterocycles. The molecular weight excluding hydrogens is 356 g/mol. The zero-order valence-corrected chi connectivity index (χ0v) is 16.7. The lowest BCUT2D eigenvalue weighted by Gasteiger charge is -2.24. The standard InChI is InChI=1S/C22H28N2O2S/c1-16(2)14-23-15-21(25)20(12-17-6-4-3-5-7-17)24-27-19-8-9-22-18(13-19)10-11-26-22/h3-11,13,16,20-21,23-25H,12,14-15H2,1-2H3/t20-,21+/m0/s1. The minimum atomic E-state index is -0.478. The zero-order valence-electron chi connectivity index (χ0n) is 15.9. The Morgan fingerprint density at radius 3 is 2.63 bits per heavy atom. The van der Waals surface area contributed by atoms with Gasteiger partial charge in [-0.1, -0.05) is 44.2 Å². The first-order chi connectivity index (χ1) is 13.1. The number of nitrogens with one attached hydrogen (secondary N) is 2. The Bertz CT molecular complexity index is 819. The van der Waals surface area contributed by atoms with E-state index in [0.29, 0.717) is 12.5 Å². The third-order valence-electron chi connectivity index (χ3n) is 4.42. The fourth-order valence-electron chi connectivity index (χ4n) is 2.94. The Morgan fingerprint density at radius 1 is 1.04 bits per heavy atom. The van der Waals surface area contributed by atoms with Crippen molar-refractivity contribution in [3.63, 3.8) is 0 Å². The van der Waals surface area contributed by atoms with Crippen LogP contribution in [0.1, 0.15) is 19.4 Å². The first kappa shape index (κ1) is 20.0. The molecule has 0 aliphatic heterocycles. The quantitative estimate of drug-likeness (QED) is 0.456. The molecule has 1 aromatic heterocycles. The van der Waals surface area contributed by atoms with Crippen LogP contribution in [0.15, 0.2) is 70.2 Å². The fourth-order valence-corrected chi connectivity index (χ4v) is 3.79. The smallest absolute Gasteiger partial charge is 0.133 e. The molecule has 0 saturated heterocycles. The van der Waals surface area contributed by atoms with E-state index >= 15 is 0 Å². The van der Waals surface area contributed by atoms with Crippen LogP contribution in [0.4, 0.5) is 0 Å². The molecule has 4 nitrogen and oxygen atoms in total. The summed E-state index contributed by atoms with van der Waals surface area (Å²) in [5, 5.41) is 15.2. The second-order valence-corrected chi connectivity index (χ2v) is 8.17. The van der Waals surface area contributed by atoms with E-state index in [9.17, 15) is 5.11 Å². The van der Waals surface area contributed by atoms with E-state index in [4.69, 9.17) is 4.42 Å². The van der Waals surface area contributed by atoms with Gasteiger partial charge >= 0.3 is 0 Å². The number of rotatable bonds is 10. The number of fused-ring (bicyclic) bond motifs is 1. The molecule has 0 aliphatic rings. The molecule has 0 radical (unpaired) electrons. The Labute approximate surface area is 165 Å². The molecule has 0 fully saturated rings. The van der Waals surface area contributed by atoms with Crippen LogP contribution in [-0.2, 0) is 6.42 Å². The normalized spacial score (nSPS) is 13.9. The van der Waals surface area contributed by atoms with Crippen molar-refractivity contribution >= 4 is 22.9 Å². The molecule has 0 amide bonds. The van der Waals surface area contributed by atoms with Crippen molar-refractivity contribution in [2.45, 2.75) is 37.3 Å². The first-order valence-corrected chi connectivity index (χ1v) is 10.3. The van der Waals surface area contributed by atoms with Crippen molar-refractivity contribution in [2.75, 3.05) is 13.1 Å². The molecule has 0 spiro atoms. The fraction of sp³-hybridized carbons (Fsp3) is 0.364. The van der Waals surface area contributed by atoms with E-state index in [1.165, 1.54) is 5.56 Å². The molecule has 0 unspecified atom stereocenters. The van der Waals surface area contributed by atoms with E-state index in [1.54, 1.807) is 18.2 Å². The number of aliphatic hydroxyl groups is 1. The van der Waals surface area contributed by atoms with E-state index in [1.807, 2.05) is 36.4 Å². The van der Waals surface area contributed by atoms with Crippen LogP contribution in [0.25, 0.3) is 11.0 Å². The summed E-state index contributed by atoms with van der Waals surface area (Å²) in [4.78, 5) is 1.10. The van der Waals surface area contributed by atoms with Crippen LogP contribution in [-0.4, -0.2) is 30.3 Å². The Hall–Kier alpha value is -1.79. The lowest BCUT2D eigenvalue weighted by Crippen LogP contribution is -2.44. The second kappa shape index (κ2) is 9.95. The molecule has 0 saturated carbocycles. The minimum absolute atomic E-state index is 0.0582. The number of furan rings is 1. The highest BCUT2D eigenvalue weighted by atomic mass is 32.2. The highest BCUT2D eigenvalue weighted by Crippen LogP contribution is 2.23. The summed E-state index contributed by atoms with van der Waals surface area (Å²) in [5.74, 6) is 0.564. The average Bonchev–Trinajstić information content (AvgIpc) is 3.13. The van der Waals surface area contributed by atoms with Crippen molar-refractivity contribution < 1.29 is 9.52 Å². The van der Waals surface area contributed by atoms with Gasteiger partial charge in [-0.15, -0.1) is 0 Å². The Kier molecular flexibility index (Phi) is 7.35. The lowest BCUT2D eigenvalue weighted by atomic mass is 10.0. The molecule has 3 aromatic rings. The van der Waals surface area contributed by atoms with Gasteiger partial charge in [-0.2, -0.15) is 0 Å². The maximum atomic E-state index is 10.7. The monoisotopic (exact) mass is 384 g/mol. The molecule has 27 heavy (non-hydrogen) atoms. The van der Waals surface area contributed by atoms with Crippen LogP contribution in [0, 0.1) is 5.92 Å². The molecule has 0 bridgehead atoms. The number of aliphatic hydroxyl groups excluding tert-OH is 1. The van der Waals surface area contributed by atoms with Gasteiger partial charge < -0.3 is 14.8 Å². The van der Waals surface area contributed by atoms with E-state index < -0.39 is 6.10 Å². The Morgan fingerprint density at radius 2 is 1.85 bits per heavy atom. The van der Waals surface area contributed by atoms with Crippen LogP contribution in [0.2, 0.25) is 0 Å². The van der Waals surface area contributed by atoms with Crippen LogP contribution < -0.4 is 10.0 Å². The highest BCUT2D eigenvalue weighted by molar-refractivity contribution is 7.97. The van der Waals surface area contributed by atoms with Gasteiger partial charge in [0, 0.05) is 22.9 Å². The number of hydrogen-bond donors (Lipinski definition) is 3. The summed E-state index contributed by atoms with van der Waals surface area (Å²) in [5.41, 5.74) is 2.10. The number of benzene rings is 2. The lowest BCUT2D eigenvalue weighted by molar-refractivity contribution is 0.135. The van der Waals surface area contributed by atoms with Gasteiger partial charge in [-0.05, 0) is 60.7 Å².